The first-order valence-corrected chi connectivity index (χ1v) is 7.80. The van der Waals surface area contributed by atoms with Crippen molar-refractivity contribution in [2.75, 3.05) is 0 Å². The highest BCUT2D eigenvalue weighted by Crippen LogP contribution is 2.60. The van der Waals surface area contributed by atoms with Crippen LogP contribution in [0.25, 0.3) is 0 Å². The number of hydrogen-bond acceptors (Lipinski definition) is 3. The van der Waals surface area contributed by atoms with Gasteiger partial charge in [0.05, 0.1) is 18.6 Å². The van der Waals surface area contributed by atoms with Gasteiger partial charge in [0.1, 0.15) is 0 Å². The highest BCUT2D eigenvalue weighted by atomic mass is 15.6. The Bertz CT molecular complexity index is 579. The zero-order valence-electron chi connectivity index (χ0n) is 11.5. The molecule has 5 rings (SSSR count). The van der Waals surface area contributed by atoms with Crippen LogP contribution in [-0.2, 0) is 6.54 Å². The minimum Gasteiger partial charge on any atom is -0.269 e. The van der Waals surface area contributed by atoms with Gasteiger partial charge in [-0.2, -0.15) is 5.11 Å². The molecule has 2 saturated carbocycles. The molecule has 3 heteroatoms. The van der Waals surface area contributed by atoms with E-state index < -0.39 is 0 Å². The zero-order chi connectivity index (χ0) is 13.1. The molecule has 102 valence electrons. The maximum absolute atomic E-state index is 4.64. The molecule has 4 aliphatic rings. The van der Waals surface area contributed by atoms with Crippen molar-refractivity contribution in [3.05, 3.63) is 48.0 Å². The summed E-state index contributed by atoms with van der Waals surface area (Å²) in [6, 6.07) is 11.7. The number of allylic oxidation sites excluding steroid dienone is 2. The summed E-state index contributed by atoms with van der Waals surface area (Å²) in [5.74, 6) is 3.25. The SMILES string of the molecule is C1=C[C@H]2[C@@H](C1)[C@@H]1C[C@H]2[C@H]2[C@@H]1N=NN2Cc1ccccc1. The standard InChI is InChI=1S/C17H19N3/c1-2-5-11(6-3-1)10-20-17-15-9-14(16(17)18-19-20)12-7-4-8-13(12)15/h1-6,8,12-17H,7,9-10H2/t12-,13+,14+,15-,16-,17+/m1/s1. The topological polar surface area (TPSA) is 28.0 Å². The van der Waals surface area contributed by atoms with Crippen LogP contribution in [0.3, 0.4) is 0 Å². The maximum atomic E-state index is 4.64. The van der Waals surface area contributed by atoms with Crippen LogP contribution in [0, 0.1) is 23.7 Å². The third-order valence-electron chi connectivity index (χ3n) is 5.91. The minimum absolute atomic E-state index is 0.477. The Kier molecular flexibility index (Phi) is 2.18. The normalized spacial score (nSPS) is 43.3. The Labute approximate surface area is 119 Å². The van der Waals surface area contributed by atoms with Crippen molar-refractivity contribution in [3.63, 3.8) is 0 Å². The second-order valence-electron chi connectivity index (χ2n) is 6.74. The molecule has 0 saturated heterocycles. The number of rotatable bonds is 2. The molecule has 0 aromatic heterocycles. The fraction of sp³-hybridized carbons (Fsp3) is 0.529. The number of benzene rings is 1. The molecule has 1 aliphatic heterocycles. The molecular formula is C17H19N3. The van der Waals surface area contributed by atoms with E-state index in [1.807, 2.05) is 0 Å². The van der Waals surface area contributed by atoms with Gasteiger partial charge in [-0.15, -0.1) is 0 Å². The molecule has 2 bridgehead atoms. The second-order valence-corrected chi connectivity index (χ2v) is 6.74. The van der Waals surface area contributed by atoms with E-state index in [1.165, 1.54) is 18.4 Å². The summed E-state index contributed by atoms with van der Waals surface area (Å²) in [6.07, 6.45) is 7.53. The Hall–Kier alpha value is -1.64. The molecule has 1 aromatic carbocycles. The van der Waals surface area contributed by atoms with E-state index in [9.17, 15) is 0 Å². The first kappa shape index (κ1) is 11.1. The average Bonchev–Trinajstić information content (AvgIpc) is 3.18. The monoisotopic (exact) mass is 265 g/mol. The first-order valence-electron chi connectivity index (χ1n) is 7.80. The van der Waals surface area contributed by atoms with E-state index in [-0.39, 0.29) is 0 Å². The Morgan fingerprint density at radius 1 is 1.10 bits per heavy atom. The predicted molar refractivity (Wildman–Crippen MR) is 76.8 cm³/mol. The molecule has 3 aliphatic carbocycles. The fourth-order valence-corrected chi connectivity index (χ4v) is 5.17. The lowest BCUT2D eigenvalue weighted by Gasteiger charge is -2.35. The van der Waals surface area contributed by atoms with Crippen molar-refractivity contribution < 1.29 is 0 Å². The molecule has 1 aromatic rings. The van der Waals surface area contributed by atoms with Gasteiger partial charge >= 0.3 is 0 Å². The smallest absolute Gasteiger partial charge is 0.0983 e. The van der Waals surface area contributed by atoms with Crippen molar-refractivity contribution in [1.82, 2.24) is 5.01 Å². The number of nitrogens with zero attached hydrogens (tertiary/aromatic N) is 3. The van der Waals surface area contributed by atoms with Crippen LogP contribution in [0.1, 0.15) is 18.4 Å². The zero-order valence-corrected chi connectivity index (χ0v) is 11.5. The highest BCUT2D eigenvalue weighted by Gasteiger charge is 2.61. The lowest BCUT2D eigenvalue weighted by atomic mass is 9.76. The molecular weight excluding hydrogens is 246 g/mol. The largest absolute Gasteiger partial charge is 0.269 e. The Balaban J connectivity index is 1.42. The summed E-state index contributed by atoms with van der Waals surface area (Å²) >= 11 is 0. The van der Waals surface area contributed by atoms with Gasteiger partial charge in [-0.3, -0.25) is 5.01 Å². The molecule has 2 fully saturated rings. The van der Waals surface area contributed by atoms with Crippen LogP contribution < -0.4 is 0 Å². The lowest BCUT2D eigenvalue weighted by Crippen LogP contribution is -2.44. The number of fused-ring (bicyclic) bond motifs is 8. The van der Waals surface area contributed by atoms with Crippen molar-refractivity contribution >= 4 is 0 Å². The van der Waals surface area contributed by atoms with Crippen molar-refractivity contribution in [2.24, 2.45) is 34.0 Å². The molecule has 3 nitrogen and oxygen atoms in total. The van der Waals surface area contributed by atoms with Crippen LogP contribution in [0.2, 0.25) is 0 Å². The summed E-state index contributed by atoms with van der Waals surface area (Å²) in [5, 5.41) is 11.4. The molecule has 1 heterocycles. The van der Waals surface area contributed by atoms with Crippen molar-refractivity contribution in [1.29, 1.82) is 0 Å². The van der Waals surface area contributed by atoms with Gasteiger partial charge in [-0.25, -0.2) is 0 Å². The van der Waals surface area contributed by atoms with Gasteiger partial charge in [0.25, 0.3) is 0 Å². The van der Waals surface area contributed by atoms with E-state index >= 15 is 0 Å². The van der Waals surface area contributed by atoms with E-state index in [0.29, 0.717) is 12.1 Å². The third-order valence-corrected chi connectivity index (χ3v) is 5.91. The fourth-order valence-electron chi connectivity index (χ4n) is 5.17. The third kappa shape index (κ3) is 1.36. The Morgan fingerprint density at radius 3 is 2.90 bits per heavy atom. The average molecular weight is 265 g/mol. The van der Waals surface area contributed by atoms with Gasteiger partial charge in [0, 0.05) is 0 Å². The van der Waals surface area contributed by atoms with Gasteiger partial charge in [0.15, 0.2) is 0 Å². The van der Waals surface area contributed by atoms with Crippen molar-refractivity contribution in [3.8, 4) is 0 Å². The quantitative estimate of drug-likeness (QED) is 0.753. The summed E-state index contributed by atoms with van der Waals surface area (Å²) in [7, 11) is 0. The van der Waals surface area contributed by atoms with E-state index in [4.69, 9.17) is 0 Å². The van der Waals surface area contributed by atoms with Gasteiger partial charge in [-0.05, 0) is 42.1 Å². The highest BCUT2D eigenvalue weighted by molar-refractivity contribution is 5.22. The molecule has 6 atom stereocenters. The van der Waals surface area contributed by atoms with E-state index in [1.54, 1.807) is 0 Å². The molecule has 20 heavy (non-hydrogen) atoms. The molecule has 0 unspecified atom stereocenters. The van der Waals surface area contributed by atoms with Crippen LogP contribution >= 0.6 is 0 Å². The van der Waals surface area contributed by atoms with Gasteiger partial charge in [-0.1, -0.05) is 47.7 Å². The van der Waals surface area contributed by atoms with Crippen molar-refractivity contribution in [2.45, 2.75) is 31.5 Å². The summed E-state index contributed by atoms with van der Waals surface area (Å²) in [5.41, 5.74) is 1.34. The first-order chi connectivity index (χ1) is 9.92. The van der Waals surface area contributed by atoms with E-state index in [2.05, 4.69) is 57.8 Å². The molecule has 0 spiro atoms. The van der Waals surface area contributed by atoms with E-state index in [0.717, 1.165) is 30.2 Å². The Morgan fingerprint density at radius 2 is 2.00 bits per heavy atom. The van der Waals surface area contributed by atoms with Crippen LogP contribution in [-0.4, -0.2) is 17.1 Å². The predicted octanol–water partition coefficient (Wildman–Crippen LogP) is 3.45. The van der Waals surface area contributed by atoms with Crippen LogP contribution in [0.15, 0.2) is 52.8 Å². The number of hydrogen-bond donors (Lipinski definition) is 0. The van der Waals surface area contributed by atoms with Crippen LogP contribution in [0.5, 0.6) is 0 Å². The second kappa shape index (κ2) is 3.94. The van der Waals surface area contributed by atoms with Crippen LogP contribution in [0.4, 0.5) is 0 Å². The maximum Gasteiger partial charge on any atom is 0.0983 e. The summed E-state index contributed by atoms with van der Waals surface area (Å²) in [6.45, 7) is 0.913. The summed E-state index contributed by atoms with van der Waals surface area (Å²) in [4.78, 5) is 0. The minimum atomic E-state index is 0.477. The van der Waals surface area contributed by atoms with Gasteiger partial charge < -0.3 is 0 Å². The summed E-state index contributed by atoms with van der Waals surface area (Å²) < 4.78 is 0. The molecule has 0 amide bonds. The molecule has 0 N–H and O–H groups in total. The lowest BCUT2D eigenvalue weighted by molar-refractivity contribution is 0.119. The molecule has 0 radical (unpaired) electrons. The van der Waals surface area contributed by atoms with Gasteiger partial charge in [0.2, 0.25) is 0 Å².